The van der Waals surface area contributed by atoms with Gasteiger partial charge >= 0.3 is 5.97 Å². The maximum absolute atomic E-state index is 13.8. The molecule has 0 radical (unpaired) electrons. The second kappa shape index (κ2) is 27.5. The Morgan fingerprint density at radius 1 is 0.582 bits per heavy atom. The van der Waals surface area contributed by atoms with E-state index in [1.54, 1.807) is 30.3 Å². The van der Waals surface area contributed by atoms with Crippen LogP contribution in [0.1, 0.15) is 48.8 Å². The molecule has 24 nitrogen and oxygen atoms in total. The SMILES string of the molecule is NCCCC[C@H](NC(=O)[C@H](Cc1ccccc1)NC(=O)CNC(=O)[C@H](CO)NC(=O)[C@H](Cc1ccc(O)cc1)NC(=O)[C@H](CCC(N)=O)NC(=O)[C@H](Cc1ccc(O)cc1)N[N+](=O)[O-])C(=O)O. The summed E-state index contributed by atoms with van der Waals surface area (Å²) >= 11 is 0. The molecular weight excluding hydrogens is 881 g/mol. The van der Waals surface area contributed by atoms with E-state index >= 15 is 0 Å². The number of primary amides is 1. The molecule has 6 atom stereocenters. The highest BCUT2D eigenvalue weighted by atomic mass is 16.7. The van der Waals surface area contributed by atoms with Crippen molar-refractivity contribution in [1.82, 2.24) is 37.3 Å². The molecule has 0 aliphatic heterocycles. The zero-order chi connectivity index (χ0) is 49.5. The van der Waals surface area contributed by atoms with Crippen molar-refractivity contribution in [3.8, 4) is 11.5 Å². The summed E-state index contributed by atoms with van der Waals surface area (Å²) < 4.78 is 0. The third-order valence-corrected chi connectivity index (χ3v) is 10.0. The summed E-state index contributed by atoms with van der Waals surface area (Å²) in [6, 6.07) is 10.2. The topological polar surface area (TPSA) is 397 Å². The van der Waals surface area contributed by atoms with Crippen molar-refractivity contribution in [2.45, 2.75) is 87.6 Å². The number of aliphatic carboxylic acids is 1. The van der Waals surface area contributed by atoms with Gasteiger partial charge < -0.3 is 63.8 Å². The van der Waals surface area contributed by atoms with E-state index in [4.69, 9.17) is 11.5 Å². The number of phenols is 2. The van der Waals surface area contributed by atoms with Crippen molar-refractivity contribution < 1.29 is 63.8 Å². The lowest BCUT2D eigenvalue weighted by molar-refractivity contribution is -0.548. The van der Waals surface area contributed by atoms with E-state index in [9.17, 15) is 68.9 Å². The van der Waals surface area contributed by atoms with Crippen LogP contribution in [-0.2, 0) is 57.6 Å². The molecule has 0 spiro atoms. The minimum atomic E-state index is -1.74. The lowest BCUT2D eigenvalue weighted by atomic mass is 10.0. The quantitative estimate of drug-likeness (QED) is 0.0191. The highest BCUT2D eigenvalue weighted by molar-refractivity contribution is 5.96. The number of rotatable bonds is 29. The first-order valence-corrected chi connectivity index (χ1v) is 21.0. The number of nitrogens with zero attached hydrogens (tertiary/aromatic N) is 1. The van der Waals surface area contributed by atoms with Crippen LogP contribution >= 0.6 is 0 Å². The van der Waals surface area contributed by atoms with Gasteiger partial charge in [0.2, 0.25) is 41.4 Å². The predicted molar refractivity (Wildman–Crippen MR) is 236 cm³/mol. The van der Waals surface area contributed by atoms with Gasteiger partial charge in [0.25, 0.3) is 0 Å². The van der Waals surface area contributed by atoms with Gasteiger partial charge in [0.1, 0.15) is 41.7 Å². The smallest absolute Gasteiger partial charge is 0.326 e. The van der Waals surface area contributed by atoms with Gasteiger partial charge in [-0.3, -0.25) is 33.6 Å². The van der Waals surface area contributed by atoms with E-state index < -0.39 is 115 Å². The number of aromatic hydroxyl groups is 2. The average molecular weight is 937 g/mol. The van der Waals surface area contributed by atoms with E-state index in [0.29, 0.717) is 36.1 Å². The molecule has 24 heteroatoms. The number of carbonyl (C=O) groups excluding carboxylic acids is 7. The fourth-order valence-electron chi connectivity index (χ4n) is 6.45. The number of benzene rings is 3. The van der Waals surface area contributed by atoms with E-state index in [1.165, 1.54) is 48.5 Å². The lowest BCUT2D eigenvalue weighted by Crippen LogP contribution is -2.59. The summed E-state index contributed by atoms with van der Waals surface area (Å²) in [5, 5.41) is 63.9. The molecule has 3 aromatic rings. The van der Waals surface area contributed by atoms with E-state index in [1.807, 2.05) is 5.43 Å². The first-order valence-electron chi connectivity index (χ1n) is 21.0. The molecule has 0 unspecified atom stereocenters. The Bertz CT molecular complexity index is 2160. The monoisotopic (exact) mass is 936 g/mol. The number of nitro groups is 1. The molecule has 0 fully saturated rings. The predicted octanol–water partition coefficient (Wildman–Crippen LogP) is -2.71. The minimum Gasteiger partial charge on any atom is -0.508 e. The number of phenolic OH excluding ortho intramolecular Hbond substituents is 2. The van der Waals surface area contributed by atoms with Crippen LogP contribution in [0.2, 0.25) is 0 Å². The third-order valence-electron chi connectivity index (χ3n) is 10.0. The number of carboxylic acid groups (broad SMARTS) is 1. The van der Waals surface area contributed by atoms with Crippen molar-refractivity contribution in [1.29, 1.82) is 0 Å². The number of carbonyl (C=O) groups is 8. The number of hydrogen-bond acceptors (Lipinski definition) is 14. The summed E-state index contributed by atoms with van der Waals surface area (Å²) in [6.07, 6.45) is -0.559. The number of aliphatic hydroxyl groups is 1. The molecule has 3 aromatic carbocycles. The number of unbranched alkanes of at least 4 members (excludes halogenated alkanes) is 1. The van der Waals surface area contributed by atoms with Gasteiger partial charge in [-0.2, -0.15) is 0 Å². The molecule has 7 amide bonds. The molecule has 0 saturated carbocycles. The largest absolute Gasteiger partial charge is 0.508 e. The van der Waals surface area contributed by atoms with Crippen LogP contribution < -0.4 is 48.8 Å². The molecule has 0 aliphatic rings. The number of hydrogen-bond donors (Lipinski definition) is 13. The Balaban J connectivity index is 1.78. The van der Waals surface area contributed by atoms with Gasteiger partial charge in [-0.15, -0.1) is 5.43 Å². The zero-order valence-corrected chi connectivity index (χ0v) is 36.2. The molecule has 0 heterocycles. The molecule has 0 bridgehead atoms. The number of hydrazine groups is 1. The van der Waals surface area contributed by atoms with Gasteiger partial charge in [-0.25, -0.2) is 14.9 Å². The Hall–Kier alpha value is -7.86. The van der Waals surface area contributed by atoms with Crippen LogP contribution in [0.4, 0.5) is 0 Å². The summed E-state index contributed by atoms with van der Waals surface area (Å²) in [5.74, 6) is -8.42. The fraction of sp³-hybridized carbons (Fsp3) is 0.395. The van der Waals surface area contributed by atoms with Crippen molar-refractivity contribution in [2.24, 2.45) is 11.5 Å². The number of carboxylic acids is 1. The number of amides is 7. The first-order chi connectivity index (χ1) is 31.9. The van der Waals surface area contributed by atoms with Gasteiger partial charge in [0.15, 0.2) is 11.1 Å². The number of aliphatic hydroxyl groups excluding tert-OH is 1. The second-order valence-corrected chi connectivity index (χ2v) is 15.3. The van der Waals surface area contributed by atoms with E-state index in [2.05, 4.69) is 31.9 Å². The van der Waals surface area contributed by atoms with Crippen LogP contribution in [0.5, 0.6) is 11.5 Å². The Labute approximate surface area is 383 Å². The van der Waals surface area contributed by atoms with Gasteiger partial charge in [-0.1, -0.05) is 54.6 Å². The zero-order valence-electron chi connectivity index (χ0n) is 36.2. The first kappa shape index (κ1) is 53.5. The van der Waals surface area contributed by atoms with Crippen LogP contribution in [0.25, 0.3) is 0 Å². The Morgan fingerprint density at radius 2 is 1.04 bits per heavy atom. The number of nitrogens with two attached hydrogens (primary N) is 2. The fourth-order valence-corrected chi connectivity index (χ4v) is 6.45. The standard InChI is InChI=1S/C43H56N10O14/c44-19-5-4-8-31(43(64)65)49-40(61)32(20-25-6-2-1-3-7-25)47-37(58)23-46-38(59)35(24-54)51-41(62)33(21-26-9-13-28(55)14-10-26)50-39(60)30(17-18-36(45)57)48-42(63)34(52-53(66)67)22-27-11-15-29(56)16-12-27/h1-3,6-7,9-16,30-35,52,54-56H,4-5,8,17-24,44H2,(H2,45,57)(H,46,59)(H,47,58)(H,48,63)(H,49,61)(H,50,60)(H,51,62)(H,64,65)/t30-,31-,32-,33-,34-,35-/m0/s1. The summed E-state index contributed by atoms with van der Waals surface area (Å²) in [4.78, 5) is 116. The van der Waals surface area contributed by atoms with Crippen LogP contribution in [-0.4, -0.2) is 129 Å². The van der Waals surface area contributed by atoms with Gasteiger partial charge in [-0.05, 0) is 73.2 Å². The van der Waals surface area contributed by atoms with Gasteiger partial charge in [0, 0.05) is 25.7 Å². The van der Waals surface area contributed by atoms with E-state index in [-0.39, 0.29) is 37.2 Å². The third kappa shape index (κ3) is 19.4. The van der Waals surface area contributed by atoms with Crippen LogP contribution in [0.15, 0.2) is 78.9 Å². The maximum Gasteiger partial charge on any atom is 0.326 e. The molecular formula is C43H56N10O14. The summed E-state index contributed by atoms with van der Waals surface area (Å²) in [6.45, 7) is -1.49. The Morgan fingerprint density at radius 3 is 1.55 bits per heavy atom. The summed E-state index contributed by atoms with van der Waals surface area (Å²) in [5.41, 5.74) is 14.0. The van der Waals surface area contributed by atoms with Crippen molar-refractivity contribution in [2.75, 3.05) is 19.7 Å². The highest BCUT2D eigenvalue weighted by Crippen LogP contribution is 2.14. The molecule has 0 aliphatic carbocycles. The number of nitrogens with one attached hydrogen (secondary N) is 7. The van der Waals surface area contributed by atoms with Crippen LogP contribution in [0, 0.1) is 10.1 Å². The molecule has 0 aromatic heterocycles. The second-order valence-electron chi connectivity index (χ2n) is 15.3. The molecule has 3 rings (SSSR count). The Kier molecular flexibility index (Phi) is 21.9. The lowest BCUT2D eigenvalue weighted by Gasteiger charge is -2.26. The van der Waals surface area contributed by atoms with Crippen molar-refractivity contribution >= 4 is 47.3 Å². The molecule has 15 N–H and O–H groups in total. The highest BCUT2D eigenvalue weighted by Gasteiger charge is 2.33. The normalized spacial score (nSPS) is 13.5. The van der Waals surface area contributed by atoms with Crippen LogP contribution in [0.3, 0.4) is 0 Å². The minimum absolute atomic E-state index is 0.0613. The van der Waals surface area contributed by atoms with E-state index in [0.717, 1.165) is 0 Å². The van der Waals surface area contributed by atoms with Crippen molar-refractivity contribution in [3.63, 3.8) is 0 Å². The molecule has 362 valence electrons. The molecule has 67 heavy (non-hydrogen) atoms. The van der Waals surface area contributed by atoms with Crippen molar-refractivity contribution in [3.05, 3.63) is 106 Å². The molecule has 0 saturated heterocycles. The average Bonchev–Trinajstić information content (AvgIpc) is 3.29. The maximum atomic E-state index is 13.8. The van der Waals surface area contributed by atoms with Gasteiger partial charge in [0.05, 0.1) is 13.2 Å². The summed E-state index contributed by atoms with van der Waals surface area (Å²) in [7, 11) is 0.